The summed E-state index contributed by atoms with van der Waals surface area (Å²) in [5.41, 5.74) is 5.24. The molecule has 1 aliphatic rings. The first-order chi connectivity index (χ1) is 17.1. The number of methoxy groups -OCH3 is 2. The zero-order valence-electron chi connectivity index (χ0n) is 20.7. The minimum absolute atomic E-state index is 0.152. The minimum Gasteiger partial charge on any atom is -0.382 e. The predicted molar refractivity (Wildman–Crippen MR) is 154 cm³/mol. The van der Waals surface area contributed by atoms with Crippen LogP contribution in [-0.4, -0.2) is 80.3 Å². The Hall–Kier alpha value is -0.340. The maximum atomic E-state index is 6.03. The van der Waals surface area contributed by atoms with Crippen LogP contribution < -0.4 is 0 Å². The lowest BCUT2D eigenvalue weighted by molar-refractivity contribution is 0.0145. The average molecular weight is 710 g/mol. The third kappa shape index (κ3) is 8.33. The summed E-state index contributed by atoms with van der Waals surface area (Å²) < 4.78 is 35.7. The number of fused-ring (bicyclic) bond motifs is 3. The lowest BCUT2D eigenvalue weighted by Crippen LogP contribution is -2.30. The van der Waals surface area contributed by atoms with E-state index < -0.39 is 0 Å². The molecule has 0 fully saturated rings. The molecular formula is C27H36I2O6. The van der Waals surface area contributed by atoms with Gasteiger partial charge in [-0.2, -0.15) is 0 Å². The molecule has 2 aromatic carbocycles. The van der Waals surface area contributed by atoms with Crippen LogP contribution in [0.1, 0.15) is 24.0 Å². The highest BCUT2D eigenvalue weighted by Gasteiger charge is 2.42. The van der Waals surface area contributed by atoms with Crippen molar-refractivity contribution in [3.63, 3.8) is 0 Å². The van der Waals surface area contributed by atoms with Crippen LogP contribution in [0.2, 0.25) is 0 Å². The van der Waals surface area contributed by atoms with Gasteiger partial charge in [0.05, 0.1) is 52.9 Å². The molecule has 0 radical (unpaired) electrons. The fraction of sp³-hybridized carbons (Fsp3) is 0.556. The van der Waals surface area contributed by atoms with Crippen molar-refractivity contribution in [3.8, 4) is 11.1 Å². The third-order valence-corrected chi connectivity index (χ3v) is 7.58. The van der Waals surface area contributed by atoms with Crippen molar-refractivity contribution in [1.82, 2.24) is 0 Å². The van der Waals surface area contributed by atoms with Crippen LogP contribution in [0.25, 0.3) is 11.1 Å². The van der Waals surface area contributed by atoms with Gasteiger partial charge in [-0.05, 0) is 105 Å². The number of rotatable bonds is 18. The second-order valence-electron chi connectivity index (χ2n) is 8.40. The van der Waals surface area contributed by atoms with Gasteiger partial charge in [0.25, 0.3) is 0 Å². The quantitative estimate of drug-likeness (QED) is 0.155. The van der Waals surface area contributed by atoms with E-state index in [1.54, 1.807) is 14.2 Å². The molecule has 0 aromatic heterocycles. The Labute approximate surface area is 236 Å². The lowest BCUT2D eigenvalue weighted by atomic mass is 9.73. The van der Waals surface area contributed by atoms with Crippen LogP contribution in [0, 0.1) is 7.14 Å². The fourth-order valence-electron chi connectivity index (χ4n) is 4.52. The molecule has 0 amide bonds. The molecule has 0 unspecified atom stereocenters. The zero-order chi connectivity index (χ0) is 24.9. The van der Waals surface area contributed by atoms with Crippen molar-refractivity contribution in [3.05, 3.63) is 54.7 Å². The molecule has 8 heteroatoms. The van der Waals surface area contributed by atoms with Crippen LogP contribution >= 0.6 is 45.2 Å². The molecule has 1 aliphatic carbocycles. The van der Waals surface area contributed by atoms with Crippen LogP contribution in [0.15, 0.2) is 36.4 Å². The van der Waals surface area contributed by atoms with Gasteiger partial charge < -0.3 is 28.4 Å². The van der Waals surface area contributed by atoms with Crippen LogP contribution in [0.5, 0.6) is 0 Å². The molecule has 0 saturated heterocycles. The second-order valence-corrected chi connectivity index (χ2v) is 10.9. The maximum Gasteiger partial charge on any atom is 0.0701 e. The van der Waals surface area contributed by atoms with Crippen LogP contribution in [0.3, 0.4) is 0 Å². The monoisotopic (exact) mass is 710 g/mol. The molecule has 0 heterocycles. The Bertz CT molecular complexity index is 834. The van der Waals surface area contributed by atoms with Crippen molar-refractivity contribution < 1.29 is 28.4 Å². The summed E-state index contributed by atoms with van der Waals surface area (Å²) in [6.07, 6.45) is 1.78. The summed E-state index contributed by atoms with van der Waals surface area (Å²) in [6.45, 7) is 6.00. The fourth-order valence-corrected chi connectivity index (χ4v) is 5.51. The van der Waals surface area contributed by atoms with Gasteiger partial charge in [-0.15, -0.1) is 0 Å². The summed E-state index contributed by atoms with van der Waals surface area (Å²) in [6, 6.07) is 13.6. The highest BCUT2D eigenvalue weighted by Crippen LogP contribution is 2.53. The molecule has 194 valence electrons. The van der Waals surface area contributed by atoms with E-state index in [2.05, 4.69) is 81.6 Å². The predicted octanol–water partition coefficient (Wildman–Crippen LogP) is 5.30. The van der Waals surface area contributed by atoms with Gasteiger partial charge in [0, 0.05) is 40.0 Å². The molecule has 0 aliphatic heterocycles. The molecule has 35 heavy (non-hydrogen) atoms. The van der Waals surface area contributed by atoms with Crippen molar-refractivity contribution in [2.45, 2.75) is 18.3 Å². The van der Waals surface area contributed by atoms with Gasteiger partial charge in [-0.25, -0.2) is 0 Å². The van der Waals surface area contributed by atoms with E-state index in [1.165, 1.54) is 29.4 Å². The van der Waals surface area contributed by atoms with Gasteiger partial charge in [-0.3, -0.25) is 0 Å². The van der Waals surface area contributed by atoms with Crippen molar-refractivity contribution in [2.24, 2.45) is 0 Å². The number of benzene rings is 2. The molecule has 6 nitrogen and oxygen atoms in total. The van der Waals surface area contributed by atoms with E-state index in [-0.39, 0.29) is 5.41 Å². The summed E-state index contributed by atoms with van der Waals surface area (Å²) in [5, 5.41) is 0. The number of halogens is 2. The van der Waals surface area contributed by atoms with Gasteiger partial charge >= 0.3 is 0 Å². The highest BCUT2D eigenvalue weighted by atomic mass is 127. The lowest BCUT2D eigenvalue weighted by Gasteiger charge is -2.32. The van der Waals surface area contributed by atoms with Crippen molar-refractivity contribution in [2.75, 3.05) is 80.3 Å². The SMILES string of the molecule is COCCOCCOCCC1(CCOCCOCCOC)c2cc(I)ccc2-c2ccc(I)cc21. The molecule has 0 atom stereocenters. The first-order valence-electron chi connectivity index (χ1n) is 12.0. The zero-order valence-corrected chi connectivity index (χ0v) is 25.0. The van der Waals surface area contributed by atoms with Crippen LogP contribution in [-0.2, 0) is 33.8 Å². The topological polar surface area (TPSA) is 55.4 Å². The standard InChI is InChI=1S/C27H36I2O6/c1-30-11-13-34-17-15-32-9-7-27(8-10-33-16-18-35-14-12-31-2)25-19-21(28)3-5-23(25)24-6-4-22(29)20-26(24)27/h3-6,19-20H,7-18H2,1-2H3. The Morgan fingerprint density at radius 1 is 0.543 bits per heavy atom. The van der Waals surface area contributed by atoms with Gasteiger partial charge in [0.2, 0.25) is 0 Å². The first kappa shape index (κ1) is 29.2. The van der Waals surface area contributed by atoms with Crippen molar-refractivity contribution >= 4 is 45.2 Å². The number of hydrogen-bond acceptors (Lipinski definition) is 6. The van der Waals surface area contributed by atoms with Crippen molar-refractivity contribution in [1.29, 1.82) is 0 Å². The Balaban J connectivity index is 1.70. The Kier molecular flexibility index (Phi) is 13.2. The molecule has 0 N–H and O–H groups in total. The van der Waals surface area contributed by atoms with Gasteiger partial charge in [0.15, 0.2) is 0 Å². The second kappa shape index (κ2) is 15.8. The largest absolute Gasteiger partial charge is 0.382 e. The maximum absolute atomic E-state index is 6.03. The minimum atomic E-state index is -0.152. The van der Waals surface area contributed by atoms with E-state index in [0.29, 0.717) is 66.1 Å². The summed E-state index contributed by atoms with van der Waals surface area (Å²) in [4.78, 5) is 0. The highest BCUT2D eigenvalue weighted by molar-refractivity contribution is 14.1. The van der Waals surface area contributed by atoms with E-state index in [0.717, 1.165) is 12.8 Å². The molecular weight excluding hydrogens is 674 g/mol. The molecule has 2 aromatic rings. The smallest absolute Gasteiger partial charge is 0.0701 e. The Morgan fingerprint density at radius 3 is 1.31 bits per heavy atom. The third-order valence-electron chi connectivity index (χ3n) is 6.24. The summed E-state index contributed by atoms with van der Waals surface area (Å²) in [7, 11) is 3.36. The van der Waals surface area contributed by atoms with E-state index in [9.17, 15) is 0 Å². The van der Waals surface area contributed by atoms with E-state index in [4.69, 9.17) is 28.4 Å². The molecule has 3 rings (SSSR count). The van der Waals surface area contributed by atoms with E-state index in [1.807, 2.05) is 0 Å². The molecule has 0 bridgehead atoms. The van der Waals surface area contributed by atoms with Gasteiger partial charge in [-0.1, -0.05) is 12.1 Å². The van der Waals surface area contributed by atoms with E-state index >= 15 is 0 Å². The normalized spacial score (nSPS) is 13.7. The number of hydrogen-bond donors (Lipinski definition) is 0. The summed E-state index contributed by atoms with van der Waals surface area (Å²) >= 11 is 4.82. The van der Waals surface area contributed by atoms with Gasteiger partial charge in [0.1, 0.15) is 0 Å². The summed E-state index contributed by atoms with van der Waals surface area (Å²) in [5.74, 6) is 0. The van der Waals surface area contributed by atoms with Crippen LogP contribution in [0.4, 0.5) is 0 Å². The number of ether oxygens (including phenoxy) is 6. The average Bonchev–Trinajstić information content (AvgIpc) is 3.11. The molecule has 0 spiro atoms. The first-order valence-corrected chi connectivity index (χ1v) is 14.2. The molecule has 0 saturated carbocycles. The Morgan fingerprint density at radius 2 is 0.914 bits per heavy atom.